The monoisotopic (exact) mass is 415 g/mol. The third-order valence-corrected chi connectivity index (χ3v) is 5.42. The van der Waals surface area contributed by atoms with Crippen LogP contribution in [0, 0.1) is 13.8 Å². The number of carbonyl (C=O) groups excluding carboxylic acids is 1. The molecule has 30 heavy (non-hydrogen) atoms. The van der Waals surface area contributed by atoms with Gasteiger partial charge < -0.3 is 5.32 Å². The van der Waals surface area contributed by atoms with E-state index in [9.17, 15) is 4.79 Å². The van der Waals surface area contributed by atoms with Crippen LogP contribution in [0.2, 0.25) is 0 Å². The van der Waals surface area contributed by atoms with Crippen LogP contribution < -0.4 is 5.32 Å². The second-order valence-corrected chi connectivity index (χ2v) is 7.93. The van der Waals surface area contributed by atoms with E-state index in [1.54, 1.807) is 24.2 Å². The van der Waals surface area contributed by atoms with Crippen molar-refractivity contribution in [3.8, 4) is 5.82 Å². The van der Waals surface area contributed by atoms with Crippen LogP contribution in [0.15, 0.2) is 83.0 Å². The largest absolute Gasteiger partial charge is 0.348 e. The van der Waals surface area contributed by atoms with Crippen molar-refractivity contribution in [2.75, 3.05) is 0 Å². The molecule has 1 amide bonds. The fourth-order valence-corrected chi connectivity index (χ4v) is 3.77. The van der Waals surface area contributed by atoms with E-state index in [2.05, 4.69) is 20.4 Å². The van der Waals surface area contributed by atoms with E-state index >= 15 is 0 Å². The van der Waals surface area contributed by atoms with Crippen LogP contribution >= 0.6 is 11.8 Å². The molecular weight excluding hydrogens is 394 g/mol. The van der Waals surface area contributed by atoms with Gasteiger partial charge in [0.2, 0.25) is 0 Å². The molecule has 0 saturated carbocycles. The van der Waals surface area contributed by atoms with Gasteiger partial charge in [-0.2, -0.15) is 5.10 Å². The first-order chi connectivity index (χ1) is 14.6. The Kier molecular flexibility index (Phi) is 5.90. The summed E-state index contributed by atoms with van der Waals surface area (Å²) in [5, 5.41) is 8.30. The van der Waals surface area contributed by atoms with Gasteiger partial charge in [0, 0.05) is 35.1 Å². The highest BCUT2D eigenvalue weighted by Gasteiger charge is 2.08. The number of pyridine rings is 2. The van der Waals surface area contributed by atoms with Crippen LogP contribution in [0.25, 0.3) is 5.82 Å². The van der Waals surface area contributed by atoms with Crippen LogP contribution in [-0.2, 0) is 6.54 Å². The molecule has 0 aliphatic rings. The number of nitrogens with one attached hydrogen (secondary N) is 1. The lowest BCUT2D eigenvalue weighted by molar-refractivity contribution is 0.0951. The fraction of sp³-hybridized carbons (Fsp3) is 0.130. The van der Waals surface area contributed by atoms with Gasteiger partial charge in [-0.1, -0.05) is 23.9 Å². The highest BCUT2D eigenvalue weighted by molar-refractivity contribution is 7.99. The van der Waals surface area contributed by atoms with Crippen LogP contribution in [0.3, 0.4) is 0 Å². The average molecular weight is 416 g/mol. The molecule has 0 unspecified atom stereocenters. The molecule has 0 aliphatic heterocycles. The number of benzene rings is 1. The summed E-state index contributed by atoms with van der Waals surface area (Å²) in [6.07, 6.45) is 3.53. The van der Waals surface area contributed by atoms with Crippen molar-refractivity contribution in [1.29, 1.82) is 0 Å². The Hall–Kier alpha value is -3.45. The van der Waals surface area contributed by atoms with Crippen LogP contribution in [-0.4, -0.2) is 25.7 Å². The molecule has 0 atom stereocenters. The third-order valence-electron chi connectivity index (χ3n) is 4.47. The molecule has 7 heteroatoms. The fourth-order valence-electron chi connectivity index (χ4n) is 2.99. The van der Waals surface area contributed by atoms with Gasteiger partial charge in [-0.05, 0) is 67.9 Å². The summed E-state index contributed by atoms with van der Waals surface area (Å²) in [6.45, 7) is 4.36. The molecule has 0 radical (unpaired) electrons. The minimum absolute atomic E-state index is 0.119. The maximum absolute atomic E-state index is 12.5. The Labute approximate surface area is 179 Å². The molecule has 6 nitrogen and oxygen atoms in total. The van der Waals surface area contributed by atoms with E-state index in [4.69, 9.17) is 0 Å². The molecule has 4 rings (SSSR count). The van der Waals surface area contributed by atoms with Gasteiger partial charge in [0.15, 0.2) is 5.82 Å². The van der Waals surface area contributed by atoms with Crippen molar-refractivity contribution in [3.05, 3.63) is 95.6 Å². The van der Waals surface area contributed by atoms with Crippen molar-refractivity contribution < 1.29 is 4.79 Å². The van der Waals surface area contributed by atoms with Gasteiger partial charge in [0.25, 0.3) is 5.91 Å². The summed E-state index contributed by atoms with van der Waals surface area (Å²) >= 11 is 1.56. The Balaban J connectivity index is 1.34. The molecule has 1 aromatic carbocycles. The Morgan fingerprint density at radius 3 is 2.50 bits per heavy atom. The van der Waals surface area contributed by atoms with Gasteiger partial charge in [-0.3, -0.25) is 4.79 Å². The molecule has 0 saturated heterocycles. The minimum Gasteiger partial charge on any atom is -0.348 e. The molecule has 0 aliphatic carbocycles. The molecule has 3 heterocycles. The van der Waals surface area contributed by atoms with Crippen molar-refractivity contribution in [2.45, 2.75) is 30.3 Å². The number of carbonyl (C=O) groups is 1. The molecule has 0 bridgehead atoms. The lowest BCUT2D eigenvalue weighted by Crippen LogP contribution is -2.22. The van der Waals surface area contributed by atoms with Gasteiger partial charge >= 0.3 is 0 Å². The van der Waals surface area contributed by atoms with Gasteiger partial charge in [-0.25, -0.2) is 14.6 Å². The topological polar surface area (TPSA) is 72.7 Å². The van der Waals surface area contributed by atoms with Crippen molar-refractivity contribution in [2.24, 2.45) is 0 Å². The van der Waals surface area contributed by atoms with Crippen LogP contribution in [0.1, 0.15) is 27.3 Å². The van der Waals surface area contributed by atoms with Crippen molar-refractivity contribution in [1.82, 2.24) is 25.1 Å². The molecule has 0 fully saturated rings. The zero-order valence-electron chi connectivity index (χ0n) is 16.7. The molecule has 4 aromatic rings. The smallest absolute Gasteiger partial charge is 0.251 e. The van der Waals surface area contributed by atoms with E-state index in [-0.39, 0.29) is 5.91 Å². The lowest BCUT2D eigenvalue weighted by Gasteiger charge is -2.08. The van der Waals surface area contributed by atoms with Crippen LogP contribution in [0.4, 0.5) is 0 Å². The maximum Gasteiger partial charge on any atom is 0.251 e. The van der Waals surface area contributed by atoms with Gasteiger partial charge in [-0.15, -0.1) is 0 Å². The summed E-state index contributed by atoms with van der Waals surface area (Å²) in [5.41, 5.74) is 3.53. The summed E-state index contributed by atoms with van der Waals surface area (Å²) < 4.78 is 1.81. The molecule has 0 spiro atoms. The number of amides is 1. The maximum atomic E-state index is 12.5. The van der Waals surface area contributed by atoms with Crippen LogP contribution in [0.5, 0.6) is 0 Å². The second-order valence-electron chi connectivity index (χ2n) is 6.84. The Morgan fingerprint density at radius 2 is 1.87 bits per heavy atom. The van der Waals surface area contributed by atoms with Gasteiger partial charge in [0.05, 0.1) is 5.69 Å². The SMILES string of the molecule is Cc1cc(C)n(-c2ccc(CNC(=O)c3ccc(Sc4ccccn4)cc3)cn2)n1. The quantitative estimate of drug-likeness (QED) is 0.507. The highest BCUT2D eigenvalue weighted by atomic mass is 32.2. The summed E-state index contributed by atoms with van der Waals surface area (Å²) in [6, 6.07) is 19.2. The average Bonchev–Trinajstić information content (AvgIpc) is 3.11. The summed E-state index contributed by atoms with van der Waals surface area (Å²) in [4.78, 5) is 22.3. The predicted octanol–water partition coefficient (Wildman–Crippen LogP) is 4.36. The second kappa shape index (κ2) is 8.92. The first-order valence-corrected chi connectivity index (χ1v) is 10.4. The Morgan fingerprint density at radius 1 is 1.03 bits per heavy atom. The summed E-state index contributed by atoms with van der Waals surface area (Å²) in [7, 11) is 0. The van der Waals surface area contributed by atoms with Crippen molar-refractivity contribution >= 4 is 17.7 Å². The standard InChI is InChI=1S/C23H21N5OS/c1-16-13-17(2)28(27-16)21-11-6-18(14-25-21)15-26-23(29)19-7-9-20(10-8-19)30-22-5-3-4-12-24-22/h3-14H,15H2,1-2H3,(H,26,29). The number of aromatic nitrogens is 4. The van der Waals surface area contributed by atoms with Crippen molar-refractivity contribution in [3.63, 3.8) is 0 Å². The Bertz CT molecular complexity index is 1140. The zero-order chi connectivity index (χ0) is 20.9. The highest BCUT2D eigenvalue weighted by Crippen LogP contribution is 2.25. The first-order valence-electron chi connectivity index (χ1n) is 9.54. The van der Waals surface area contributed by atoms with E-state index < -0.39 is 0 Å². The van der Waals surface area contributed by atoms with Gasteiger partial charge in [0.1, 0.15) is 5.03 Å². The normalized spacial score (nSPS) is 10.7. The first kappa shape index (κ1) is 19.8. The molecule has 1 N–H and O–H groups in total. The molecule has 150 valence electrons. The van der Waals surface area contributed by atoms with E-state index in [1.165, 1.54) is 0 Å². The van der Waals surface area contributed by atoms with E-state index in [0.29, 0.717) is 12.1 Å². The third kappa shape index (κ3) is 4.75. The number of rotatable bonds is 6. The minimum atomic E-state index is -0.119. The number of hydrogen-bond acceptors (Lipinski definition) is 5. The molecule has 3 aromatic heterocycles. The zero-order valence-corrected chi connectivity index (χ0v) is 17.6. The summed E-state index contributed by atoms with van der Waals surface area (Å²) in [5.74, 6) is 0.642. The number of aryl methyl sites for hydroxylation is 2. The lowest BCUT2D eigenvalue weighted by atomic mass is 10.2. The number of nitrogens with zero attached hydrogens (tertiary/aromatic N) is 4. The van der Waals surface area contributed by atoms with E-state index in [1.807, 2.05) is 79.2 Å². The predicted molar refractivity (Wildman–Crippen MR) is 117 cm³/mol. The van der Waals surface area contributed by atoms with E-state index in [0.717, 1.165) is 32.7 Å². The molecular formula is C23H21N5OS. The number of hydrogen-bond donors (Lipinski definition) is 1.